The molecule has 0 atom stereocenters. The largest absolute Gasteiger partial charge is 0.298 e. The fraction of sp³-hybridized carbons (Fsp3) is 0.545. The molecule has 5 heteroatoms. The van der Waals surface area contributed by atoms with Gasteiger partial charge in [-0.25, -0.2) is 4.98 Å². The summed E-state index contributed by atoms with van der Waals surface area (Å²) < 4.78 is 0. The van der Waals surface area contributed by atoms with Crippen molar-refractivity contribution >= 4 is 5.69 Å². The van der Waals surface area contributed by atoms with Gasteiger partial charge < -0.3 is 0 Å². The van der Waals surface area contributed by atoms with Crippen LogP contribution in [-0.4, -0.2) is 27.9 Å². The minimum atomic E-state index is -0.387. The molecule has 0 amide bonds. The predicted molar refractivity (Wildman–Crippen MR) is 60.1 cm³/mol. The maximum absolute atomic E-state index is 10.6. The molecule has 1 aromatic heterocycles. The number of aromatic nitrogens is 1. The lowest BCUT2D eigenvalue weighted by molar-refractivity contribution is -0.385. The highest BCUT2D eigenvalue weighted by atomic mass is 16.6. The van der Waals surface area contributed by atoms with E-state index in [4.69, 9.17) is 0 Å². The van der Waals surface area contributed by atoms with Gasteiger partial charge in [-0.1, -0.05) is 0 Å². The Hall–Kier alpha value is -1.49. The van der Waals surface area contributed by atoms with Crippen molar-refractivity contribution in [1.82, 2.24) is 9.88 Å². The normalized spacial score (nSPS) is 16.6. The first kappa shape index (κ1) is 11.0. The number of likely N-dealkylation sites (tertiary alicyclic amines) is 1. The number of nitro groups is 1. The van der Waals surface area contributed by atoms with E-state index in [0.717, 1.165) is 25.3 Å². The summed E-state index contributed by atoms with van der Waals surface area (Å²) in [6, 6.07) is 3.30. The zero-order chi connectivity index (χ0) is 11.5. The molecule has 0 radical (unpaired) electrons. The molecule has 0 bridgehead atoms. The summed E-state index contributed by atoms with van der Waals surface area (Å²) in [5.74, 6) is 0. The number of rotatable bonds is 3. The number of aryl methyl sites for hydroxylation is 1. The molecule has 1 aliphatic rings. The summed E-state index contributed by atoms with van der Waals surface area (Å²) >= 11 is 0. The van der Waals surface area contributed by atoms with Crippen LogP contribution >= 0.6 is 0 Å². The fourth-order valence-corrected chi connectivity index (χ4v) is 2.06. The molecule has 1 fully saturated rings. The van der Waals surface area contributed by atoms with Crippen molar-refractivity contribution in [1.29, 1.82) is 0 Å². The Morgan fingerprint density at radius 1 is 1.44 bits per heavy atom. The molecule has 0 spiro atoms. The highest BCUT2D eigenvalue weighted by Crippen LogP contribution is 2.17. The van der Waals surface area contributed by atoms with Gasteiger partial charge in [0.25, 0.3) is 5.69 Å². The van der Waals surface area contributed by atoms with Crippen molar-refractivity contribution in [3.05, 3.63) is 33.6 Å². The standard InChI is InChI=1S/C11H15N3O2/c1-9-11(14(15)16)5-4-10(12-9)8-13-6-2-3-7-13/h4-5H,2-3,6-8H2,1H3. The highest BCUT2D eigenvalue weighted by molar-refractivity contribution is 5.35. The van der Waals surface area contributed by atoms with Crippen molar-refractivity contribution in [2.75, 3.05) is 13.1 Å². The summed E-state index contributed by atoms with van der Waals surface area (Å²) in [6.07, 6.45) is 2.48. The molecule has 0 unspecified atom stereocenters. The first-order valence-electron chi connectivity index (χ1n) is 5.50. The maximum atomic E-state index is 10.6. The molecule has 1 saturated heterocycles. The second-order valence-corrected chi connectivity index (χ2v) is 4.15. The van der Waals surface area contributed by atoms with E-state index < -0.39 is 0 Å². The van der Waals surface area contributed by atoms with Crippen LogP contribution in [0, 0.1) is 17.0 Å². The van der Waals surface area contributed by atoms with Gasteiger partial charge in [0.15, 0.2) is 0 Å². The fourth-order valence-electron chi connectivity index (χ4n) is 2.06. The van der Waals surface area contributed by atoms with Gasteiger partial charge in [0, 0.05) is 12.6 Å². The average Bonchev–Trinajstić information content (AvgIpc) is 2.70. The molecule has 0 aliphatic carbocycles. The third kappa shape index (κ3) is 2.36. The number of nitrogens with zero attached hydrogens (tertiary/aromatic N) is 3. The van der Waals surface area contributed by atoms with E-state index >= 15 is 0 Å². The monoisotopic (exact) mass is 221 g/mol. The van der Waals surface area contributed by atoms with E-state index in [1.54, 1.807) is 19.1 Å². The lowest BCUT2D eigenvalue weighted by atomic mass is 10.2. The molecule has 0 saturated carbocycles. The van der Waals surface area contributed by atoms with Crippen molar-refractivity contribution in [2.45, 2.75) is 26.3 Å². The molecular weight excluding hydrogens is 206 g/mol. The topological polar surface area (TPSA) is 59.3 Å². The van der Waals surface area contributed by atoms with Crippen molar-refractivity contribution in [3.8, 4) is 0 Å². The Kier molecular flexibility index (Phi) is 3.14. The minimum Gasteiger partial charge on any atom is -0.298 e. The summed E-state index contributed by atoms with van der Waals surface area (Å²) in [7, 11) is 0. The third-order valence-corrected chi connectivity index (χ3v) is 2.90. The van der Waals surface area contributed by atoms with Gasteiger partial charge in [-0.2, -0.15) is 0 Å². The average molecular weight is 221 g/mol. The van der Waals surface area contributed by atoms with E-state index in [9.17, 15) is 10.1 Å². The van der Waals surface area contributed by atoms with E-state index in [2.05, 4.69) is 9.88 Å². The van der Waals surface area contributed by atoms with Crippen LogP contribution < -0.4 is 0 Å². The summed E-state index contributed by atoms with van der Waals surface area (Å²) in [4.78, 5) is 16.8. The van der Waals surface area contributed by atoms with Gasteiger partial charge in [-0.05, 0) is 38.9 Å². The van der Waals surface area contributed by atoms with Crippen LogP contribution in [0.5, 0.6) is 0 Å². The smallest absolute Gasteiger partial charge is 0.290 e. The zero-order valence-corrected chi connectivity index (χ0v) is 9.35. The summed E-state index contributed by atoms with van der Waals surface area (Å²) in [5, 5.41) is 10.6. The Balaban J connectivity index is 2.11. The second kappa shape index (κ2) is 4.57. The van der Waals surface area contributed by atoms with Crippen LogP contribution in [0.2, 0.25) is 0 Å². The zero-order valence-electron chi connectivity index (χ0n) is 9.35. The molecule has 1 aliphatic heterocycles. The van der Waals surface area contributed by atoms with Crippen LogP contribution in [0.25, 0.3) is 0 Å². The molecule has 16 heavy (non-hydrogen) atoms. The molecular formula is C11H15N3O2. The Morgan fingerprint density at radius 3 is 2.69 bits per heavy atom. The number of hydrogen-bond donors (Lipinski definition) is 0. The summed E-state index contributed by atoms with van der Waals surface area (Å²) in [6.45, 7) is 4.71. The lowest BCUT2D eigenvalue weighted by Crippen LogP contribution is -2.19. The van der Waals surface area contributed by atoms with Crippen LogP contribution in [-0.2, 0) is 6.54 Å². The van der Waals surface area contributed by atoms with Crippen LogP contribution in [0.15, 0.2) is 12.1 Å². The first-order valence-corrected chi connectivity index (χ1v) is 5.50. The van der Waals surface area contributed by atoms with Crippen LogP contribution in [0.1, 0.15) is 24.2 Å². The quantitative estimate of drug-likeness (QED) is 0.577. The van der Waals surface area contributed by atoms with Crippen LogP contribution in [0.3, 0.4) is 0 Å². The third-order valence-electron chi connectivity index (χ3n) is 2.90. The Morgan fingerprint density at radius 2 is 2.12 bits per heavy atom. The van der Waals surface area contributed by atoms with E-state index in [1.807, 2.05) is 0 Å². The molecule has 2 heterocycles. The lowest BCUT2D eigenvalue weighted by Gasteiger charge is -2.13. The maximum Gasteiger partial charge on any atom is 0.290 e. The van der Waals surface area contributed by atoms with Crippen LogP contribution in [0.4, 0.5) is 5.69 Å². The van der Waals surface area contributed by atoms with Crippen molar-refractivity contribution in [3.63, 3.8) is 0 Å². The molecule has 86 valence electrons. The molecule has 2 rings (SSSR count). The minimum absolute atomic E-state index is 0.102. The van der Waals surface area contributed by atoms with Crippen molar-refractivity contribution in [2.24, 2.45) is 0 Å². The van der Waals surface area contributed by atoms with Gasteiger partial charge in [0.1, 0.15) is 5.69 Å². The number of hydrogen-bond acceptors (Lipinski definition) is 4. The summed E-state index contributed by atoms with van der Waals surface area (Å²) in [5.41, 5.74) is 1.52. The molecule has 1 aromatic rings. The predicted octanol–water partition coefficient (Wildman–Crippen LogP) is 1.89. The van der Waals surface area contributed by atoms with Gasteiger partial charge >= 0.3 is 0 Å². The Labute approximate surface area is 94.2 Å². The molecule has 5 nitrogen and oxygen atoms in total. The SMILES string of the molecule is Cc1nc(CN2CCCC2)ccc1[N+](=O)[O-]. The first-order chi connectivity index (χ1) is 7.66. The second-order valence-electron chi connectivity index (χ2n) is 4.15. The molecule has 0 aromatic carbocycles. The number of pyridine rings is 1. The van der Waals surface area contributed by atoms with Gasteiger partial charge in [0.05, 0.1) is 10.6 Å². The van der Waals surface area contributed by atoms with Crippen molar-refractivity contribution < 1.29 is 4.92 Å². The van der Waals surface area contributed by atoms with E-state index in [-0.39, 0.29) is 10.6 Å². The van der Waals surface area contributed by atoms with Gasteiger partial charge in [0.2, 0.25) is 0 Å². The van der Waals surface area contributed by atoms with E-state index in [1.165, 1.54) is 12.8 Å². The van der Waals surface area contributed by atoms with Gasteiger partial charge in [-0.15, -0.1) is 0 Å². The van der Waals surface area contributed by atoms with Gasteiger partial charge in [-0.3, -0.25) is 15.0 Å². The Bertz CT molecular complexity index is 400. The highest BCUT2D eigenvalue weighted by Gasteiger charge is 2.15. The van der Waals surface area contributed by atoms with E-state index in [0.29, 0.717) is 5.69 Å². The molecule has 0 N–H and O–H groups in total.